The summed E-state index contributed by atoms with van der Waals surface area (Å²) < 4.78 is 0. The SMILES string of the molecule is O=C(Nc1ccc(-c2ccc(N3CCCCCC3)nn2)cc1)C1CCCCC1. The van der Waals surface area contributed by atoms with Crippen molar-refractivity contribution < 1.29 is 4.79 Å². The zero-order valence-corrected chi connectivity index (χ0v) is 16.6. The van der Waals surface area contributed by atoms with Gasteiger partial charge in [-0.3, -0.25) is 4.79 Å². The summed E-state index contributed by atoms with van der Waals surface area (Å²) in [5, 5.41) is 12.0. The zero-order chi connectivity index (χ0) is 19.2. The van der Waals surface area contributed by atoms with Crippen molar-refractivity contribution in [2.45, 2.75) is 57.8 Å². The van der Waals surface area contributed by atoms with Crippen molar-refractivity contribution in [3.63, 3.8) is 0 Å². The van der Waals surface area contributed by atoms with Crippen LogP contribution in [0.2, 0.25) is 0 Å². The van der Waals surface area contributed by atoms with Gasteiger partial charge < -0.3 is 10.2 Å². The minimum Gasteiger partial charge on any atom is -0.355 e. The van der Waals surface area contributed by atoms with Crippen LogP contribution in [-0.4, -0.2) is 29.2 Å². The van der Waals surface area contributed by atoms with Gasteiger partial charge in [-0.2, -0.15) is 0 Å². The normalized spacial score (nSPS) is 18.5. The van der Waals surface area contributed by atoms with Crippen LogP contribution in [0.25, 0.3) is 11.3 Å². The van der Waals surface area contributed by atoms with Crippen molar-refractivity contribution in [1.82, 2.24) is 10.2 Å². The van der Waals surface area contributed by atoms with E-state index in [9.17, 15) is 4.79 Å². The minimum atomic E-state index is 0.161. The van der Waals surface area contributed by atoms with Crippen LogP contribution in [0.5, 0.6) is 0 Å². The summed E-state index contributed by atoms with van der Waals surface area (Å²) in [6.07, 6.45) is 10.7. The van der Waals surface area contributed by atoms with E-state index in [0.717, 1.165) is 48.7 Å². The van der Waals surface area contributed by atoms with Crippen molar-refractivity contribution in [2.24, 2.45) is 5.92 Å². The molecular formula is C23H30N4O. The maximum Gasteiger partial charge on any atom is 0.227 e. The second kappa shape index (κ2) is 9.18. The van der Waals surface area contributed by atoms with E-state index in [1.165, 1.54) is 44.9 Å². The van der Waals surface area contributed by atoms with Crippen molar-refractivity contribution in [2.75, 3.05) is 23.3 Å². The Bertz CT molecular complexity index is 758. The number of carbonyl (C=O) groups excluding carboxylic acids is 1. The number of nitrogens with zero attached hydrogens (tertiary/aromatic N) is 3. The molecule has 2 aliphatic rings. The fourth-order valence-corrected chi connectivity index (χ4v) is 4.28. The number of rotatable bonds is 4. The molecule has 0 spiro atoms. The van der Waals surface area contributed by atoms with Gasteiger partial charge in [0, 0.05) is 30.3 Å². The number of anilines is 2. The van der Waals surface area contributed by atoms with Gasteiger partial charge in [0.25, 0.3) is 0 Å². The molecule has 1 aliphatic heterocycles. The van der Waals surface area contributed by atoms with Gasteiger partial charge in [0.2, 0.25) is 5.91 Å². The van der Waals surface area contributed by atoms with Crippen LogP contribution in [0.3, 0.4) is 0 Å². The predicted molar refractivity (Wildman–Crippen MR) is 113 cm³/mol. The maximum atomic E-state index is 12.4. The topological polar surface area (TPSA) is 58.1 Å². The molecule has 148 valence electrons. The molecule has 5 heteroatoms. The summed E-state index contributed by atoms with van der Waals surface area (Å²) in [4.78, 5) is 14.7. The number of hydrogen-bond acceptors (Lipinski definition) is 4. The highest BCUT2D eigenvalue weighted by molar-refractivity contribution is 5.92. The Hall–Kier alpha value is -2.43. The Balaban J connectivity index is 1.38. The van der Waals surface area contributed by atoms with E-state index in [-0.39, 0.29) is 11.8 Å². The molecule has 2 fully saturated rings. The first-order chi connectivity index (χ1) is 13.8. The number of aromatic nitrogens is 2. The Morgan fingerprint density at radius 3 is 2.14 bits per heavy atom. The highest BCUT2D eigenvalue weighted by Crippen LogP contribution is 2.26. The van der Waals surface area contributed by atoms with Gasteiger partial charge in [0.15, 0.2) is 5.82 Å². The van der Waals surface area contributed by atoms with Gasteiger partial charge in [-0.05, 0) is 49.9 Å². The predicted octanol–water partition coefficient (Wildman–Crippen LogP) is 5.04. The molecule has 1 saturated carbocycles. The summed E-state index contributed by atoms with van der Waals surface area (Å²) in [6.45, 7) is 2.15. The van der Waals surface area contributed by atoms with E-state index >= 15 is 0 Å². The Morgan fingerprint density at radius 2 is 1.50 bits per heavy atom. The van der Waals surface area contributed by atoms with E-state index in [1.807, 2.05) is 30.3 Å². The van der Waals surface area contributed by atoms with E-state index in [0.29, 0.717) is 0 Å². The molecule has 28 heavy (non-hydrogen) atoms. The summed E-state index contributed by atoms with van der Waals surface area (Å²) in [7, 11) is 0. The Labute approximate surface area is 167 Å². The van der Waals surface area contributed by atoms with E-state index in [2.05, 4.69) is 26.5 Å². The van der Waals surface area contributed by atoms with Crippen LogP contribution in [-0.2, 0) is 4.79 Å². The van der Waals surface area contributed by atoms with Crippen LogP contribution in [0.4, 0.5) is 11.5 Å². The third-order valence-electron chi connectivity index (χ3n) is 6.00. The number of hydrogen-bond donors (Lipinski definition) is 1. The molecule has 1 aromatic heterocycles. The molecule has 0 atom stereocenters. The molecule has 0 bridgehead atoms. The van der Waals surface area contributed by atoms with Crippen LogP contribution < -0.4 is 10.2 Å². The quantitative estimate of drug-likeness (QED) is 0.809. The Morgan fingerprint density at radius 1 is 0.821 bits per heavy atom. The molecule has 4 rings (SSSR count). The third kappa shape index (κ3) is 4.70. The lowest BCUT2D eigenvalue weighted by Gasteiger charge is -2.21. The molecule has 0 unspecified atom stereocenters. The average molecular weight is 379 g/mol. The fourth-order valence-electron chi connectivity index (χ4n) is 4.28. The van der Waals surface area contributed by atoms with Gasteiger partial charge in [0.05, 0.1) is 5.69 Å². The maximum absolute atomic E-state index is 12.4. The summed E-state index contributed by atoms with van der Waals surface area (Å²) in [5.74, 6) is 1.31. The van der Waals surface area contributed by atoms with Crippen LogP contribution in [0, 0.1) is 5.92 Å². The highest BCUT2D eigenvalue weighted by Gasteiger charge is 2.21. The molecule has 1 saturated heterocycles. The number of nitrogens with one attached hydrogen (secondary N) is 1. The lowest BCUT2D eigenvalue weighted by atomic mass is 9.88. The molecule has 1 aromatic carbocycles. The molecule has 1 aliphatic carbocycles. The van der Waals surface area contributed by atoms with Crippen molar-refractivity contribution in [3.8, 4) is 11.3 Å². The first-order valence-electron chi connectivity index (χ1n) is 10.8. The largest absolute Gasteiger partial charge is 0.355 e. The molecule has 0 radical (unpaired) electrons. The van der Waals surface area contributed by atoms with E-state index < -0.39 is 0 Å². The van der Waals surface area contributed by atoms with Crippen LogP contribution in [0.1, 0.15) is 57.8 Å². The van der Waals surface area contributed by atoms with Gasteiger partial charge >= 0.3 is 0 Å². The number of benzene rings is 1. The molecule has 2 heterocycles. The summed E-state index contributed by atoms with van der Waals surface area (Å²) in [5.41, 5.74) is 2.74. The number of carbonyl (C=O) groups is 1. The molecular weight excluding hydrogens is 348 g/mol. The standard InChI is InChI=1S/C23H30N4O/c28-23(19-8-4-3-5-9-19)24-20-12-10-18(11-13-20)21-14-15-22(26-25-21)27-16-6-1-2-7-17-27/h10-15,19H,1-9,16-17H2,(H,24,28). The third-order valence-corrected chi connectivity index (χ3v) is 6.00. The smallest absolute Gasteiger partial charge is 0.227 e. The van der Waals surface area contributed by atoms with E-state index in [4.69, 9.17) is 0 Å². The van der Waals surface area contributed by atoms with Crippen molar-refractivity contribution in [3.05, 3.63) is 36.4 Å². The zero-order valence-electron chi connectivity index (χ0n) is 16.6. The highest BCUT2D eigenvalue weighted by atomic mass is 16.1. The molecule has 1 amide bonds. The van der Waals surface area contributed by atoms with Crippen LogP contribution in [0.15, 0.2) is 36.4 Å². The second-order valence-corrected chi connectivity index (χ2v) is 8.08. The Kier molecular flexibility index (Phi) is 6.20. The van der Waals surface area contributed by atoms with Gasteiger partial charge in [-0.1, -0.05) is 44.2 Å². The first kappa shape index (κ1) is 18.9. The van der Waals surface area contributed by atoms with Gasteiger partial charge in [-0.25, -0.2) is 0 Å². The monoisotopic (exact) mass is 378 g/mol. The van der Waals surface area contributed by atoms with Crippen LogP contribution >= 0.6 is 0 Å². The van der Waals surface area contributed by atoms with Crippen molar-refractivity contribution in [1.29, 1.82) is 0 Å². The van der Waals surface area contributed by atoms with Gasteiger partial charge in [-0.15, -0.1) is 10.2 Å². The van der Waals surface area contributed by atoms with E-state index in [1.54, 1.807) is 0 Å². The molecule has 5 nitrogen and oxygen atoms in total. The molecule has 1 N–H and O–H groups in total. The average Bonchev–Trinajstić information content (AvgIpc) is 3.05. The summed E-state index contributed by atoms with van der Waals surface area (Å²) >= 11 is 0. The second-order valence-electron chi connectivity index (χ2n) is 8.08. The molecule has 2 aromatic rings. The first-order valence-corrected chi connectivity index (χ1v) is 10.8. The summed E-state index contributed by atoms with van der Waals surface area (Å²) in [6, 6.07) is 12.0. The lowest BCUT2D eigenvalue weighted by molar-refractivity contribution is -0.120. The van der Waals surface area contributed by atoms with Crippen molar-refractivity contribution >= 4 is 17.4 Å². The fraction of sp³-hybridized carbons (Fsp3) is 0.522. The lowest BCUT2D eigenvalue weighted by Crippen LogP contribution is -2.25. The number of amides is 1. The minimum absolute atomic E-state index is 0.161. The van der Waals surface area contributed by atoms with Gasteiger partial charge in [0.1, 0.15) is 0 Å².